The lowest BCUT2D eigenvalue weighted by Crippen LogP contribution is -2.55. The number of anilines is 1. The minimum atomic E-state index is -0.833. The lowest BCUT2D eigenvalue weighted by Gasteiger charge is -2.37. The van der Waals surface area contributed by atoms with Crippen LogP contribution in [0.3, 0.4) is 0 Å². The maximum Gasteiger partial charge on any atom is 0.243 e. The number of benzene rings is 1. The van der Waals surface area contributed by atoms with Crippen LogP contribution in [0.5, 0.6) is 0 Å². The van der Waals surface area contributed by atoms with Gasteiger partial charge in [0.2, 0.25) is 5.91 Å². The highest BCUT2D eigenvalue weighted by Gasteiger charge is 2.34. The van der Waals surface area contributed by atoms with E-state index < -0.39 is 5.54 Å². The number of nitrogens with zero attached hydrogens (tertiary/aromatic N) is 2. The van der Waals surface area contributed by atoms with Gasteiger partial charge in [-0.25, -0.2) is 0 Å². The summed E-state index contributed by atoms with van der Waals surface area (Å²) in [7, 11) is 0. The minimum Gasteiger partial charge on any atom is -0.360 e. The molecule has 22 heavy (non-hydrogen) atoms. The Labute approximate surface area is 133 Å². The minimum absolute atomic E-state index is 0.0577. The van der Waals surface area contributed by atoms with Gasteiger partial charge in [0.25, 0.3) is 0 Å². The van der Waals surface area contributed by atoms with Crippen molar-refractivity contribution in [1.29, 1.82) is 5.26 Å². The largest absolute Gasteiger partial charge is 0.360 e. The molecule has 1 aromatic carbocycles. The van der Waals surface area contributed by atoms with Crippen molar-refractivity contribution in [3.63, 3.8) is 0 Å². The molecule has 2 rings (SSSR count). The number of fused-ring (bicyclic) bond motifs is 1. The molecule has 0 radical (unpaired) electrons. The second kappa shape index (κ2) is 6.39. The van der Waals surface area contributed by atoms with Gasteiger partial charge in [-0.1, -0.05) is 32.0 Å². The first-order chi connectivity index (χ1) is 10.4. The Hall–Kier alpha value is -2.02. The third-order valence-electron chi connectivity index (χ3n) is 4.76. The molecule has 1 heterocycles. The summed E-state index contributed by atoms with van der Waals surface area (Å²) in [5, 5.41) is 12.3. The van der Waals surface area contributed by atoms with Crippen LogP contribution in [0.25, 0.3) is 0 Å². The second-order valence-corrected chi connectivity index (χ2v) is 6.56. The lowest BCUT2D eigenvalue weighted by atomic mass is 9.89. The molecule has 0 aromatic heterocycles. The predicted octanol–water partition coefficient (Wildman–Crippen LogP) is 2.88. The van der Waals surface area contributed by atoms with Crippen molar-refractivity contribution < 1.29 is 4.79 Å². The van der Waals surface area contributed by atoms with Gasteiger partial charge in [0.15, 0.2) is 0 Å². The molecule has 0 fully saturated rings. The summed E-state index contributed by atoms with van der Waals surface area (Å²) in [6.07, 6.45) is 2.11. The number of amides is 1. The van der Waals surface area contributed by atoms with Gasteiger partial charge in [0.05, 0.1) is 6.07 Å². The molecule has 1 aliphatic rings. The molecule has 0 saturated carbocycles. The fourth-order valence-electron chi connectivity index (χ4n) is 2.77. The van der Waals surface area contributed by atoms with Crippen molar-refractivity contribution in [2.75, 3.05) is 11.4 Å². The normalized spacial score (nSPS) is 18.1. The maximum absolute atomic E-state index is 12.6. The van der Waals surface area contributed by atoms with Crippen LogP contribution >= 0.6 is 0 Å². The third-order valence-corrected chi connectivity index (χ3v) is 4.76. The number of carbonyl (C=O) groups is 1. The number of hydrogen-bond donors (Lipinski definition) is 1. The smallest absolute Gasteiger partial charge is 0.243 e. The summed E-state index contributed by atoms with van der Waals surface area (Å²) in [4.78, 5) is 14.8. The van der Waals surface area contributed by atoms with E-state index >= 15 is 0 Å². The molecular weight excluding hydrogens is 274 g/mol. The molecule has 0 saturated heterocycles. The number of hydrogen-bond acceptors (Lipinski definition) is 3. The Morgan fingerprint density at radius 2 is 2.05 bits per heavy atom. The highest BCUT2D eigenvalue weighted by Crippen LogP contribution is 2.28. The van der Waals surface area contributed by atoms with Gasteiger partial charge >= 0.3 is 0 Å². The lowest BCUT2D eigenvalue weighted by molar-refractivity contribution is -0.123. The van der Waals surface area contributed by atoms with Crippen LogP contribution in [0, 0.1) is 17.2 Å². The molecule has 1 aromatic rings. The molecule has 1 N–H and O–H groups in total. The monoisotopic (exact) mass is 299 g/mol. The summed E-state index contributed by atoms with van der Waals surface area (Å²) in [6, 6.07) is 10.2. The van der Waals surface area contributed by atoms with E-state index in [1.165, 1.54) is 5.56 Å². The van der Waals surface area contributed by atoms with Crippen LogP contribution in [-0.4, -0.2) is 24.0 Å². The Morgan fingerprint density at radius 3 is 2.68 bits per heavy atom. The van der Waals surface area contributed by atoms with Crippen molar-refractivity contribution in [3.05, 3.63) is 29.8 Å². The van der Waals surface area contributed by atoms with Gasteiger partial charge < -0.3 is 10.2 Å². The van der Waals surface area contributed by atoms with E-state index in [9.17, 15) is 10.1 Å². The molecule has 2 atom stereocenters. The van der Waals surface area contributed by atoms with Crippen LogP contribution in [0.2, 0.25) is 0 Å². The van der Waals surface area contributed by atoms with Gasteiger partial charge in [0, 0.05) is 12.2 Å². The Kier molecular flexibility index (Phi) is 4.75. The molecule has 4 nitrogen and oxygen atoms in total. The van der Waals surface area contributed by atoms with E-state index in [2.05, 4.69) is 28.4 Å². The van der Waals surface area contributed by atoms with Crippen LogP contribution in [-0.2, 0) is 11.2 Å². The topological polar surface area (TPSA) is 56.1 Å². The first kappa shape index (κ1) is 16.4. The van der Waals surface area contributed by atoms with Crippen LogP contribution in [0.15, 0.2) is 24.3 Å². The summed E-state index contributed by atoms with van der Waals surface area (Å²) >= 11 is 0. The standard InChI is InChI=1S/C18H25N3O/c1-13(2)18(4,12-19)20-17(22)14(3)21-11-7-9-15-8-5-6-10-16(15)21/h5-6,8,10,13-14H,7,9,11H2,1-4H3,(H,20,22). The molecule has 0 bridgehead atoms. The molecular formula is C18H25N3O. The molecule has 0 aliphatic carbocycles. The van der Waals surface area contributed by atoms with Gasteiger partial charge in [-0.05, 0) is 44.2 Å². The third kappa shape index (κ3) is 3.09. The first-order valence-corrected chi connectivity index (χ1v) is 7.97. The molecule has 1 amide bonds. The average molecular weight is 299 g/mol. The zero-order valence-corrected chi connectivity index (χ0v) is 13.9. The number of aryl methyl sites for hydroxylation is 1. The van der Waals surface area contributed by atoms with Gasteiger partial charge in [-0.2, -0.15) is 5.26 Å². The van der Waals surface area contributed by atoms with Crippen molar-refractivity contribution >= 4 is 11.6 Å². The highest BCUT2D eigenvalue weighted by atomic mass is 16.2. The number of nitriles is 1. The number of carbonyl (C=O) groups excluding carboxylic acids is 1. The van der Waals surface area contributed by atoms with E-state index in [0.717, 1.165) is 25.1 Å². The van der Waals surface area contributed by atoms with Crippen molar-refractivity contribution in [3.8, 4) is 6.07 Å². The summed E-state index contributed by atoms with van der Waals surface area (Å²) in [6.45, 7) is 8.47. The van der Waals surface area contributed by atoms with E-state index in [0.29, 0.717) is 0 Å². The zero-order chi connectivity index (χ0) is 16.3. The first-order valence-electron chi connectivity index (χ1n) is 7.97. The number of rotatable bonds is 4. The fraction of sp³-hybridized carbons (Fsp3) is 0.556. The van der Waals surface area contributed by atoms with E-state index in [1.54, 1.807) is 6.92 Å². The van der Waals surface area contributed by atoms with E-state index in [-0.39, 0.29) is 17.9 Å². The molecule has 118 valence electrons. The Bertz CT molecular complexity index is 590. The molecule has 1 aliphatic heterocycles. The number of nitrogens with one attached hydrogen (secondary N) is 1. The summed E-state index contributed by atoms with van der Waals surface area (Å²) in [5.74, 6) is -0.0308. The van der Waals surface area contributed by atoms with Gasteiger partial charge in [0.1, 0.15) is 11.6 Å². The highest BCUT2D eigenvalue weighted by molar-refractivity contribution is 5.86. The molecule has 2 unspecified atom stereocenters. The van der Waals surface area contributed by atoms with E-state index in [4.69, 9.17) is 0 Å². The quantitative estimate of drug-likeness (QED) is 0.930. The maximum atomic E-state index is 12.6. The van der Waals surface area contributed by atoms with E-state index in [1.807, 2.05) is 32.9 Å². The van der Waals surface area contributed by atoms with Crippen molar-refractivity contribution in [2.45, 2.75) is 52.1 Å². The number of para-hydroxylation sites is 1. The van der Waals surface area contributed by atoms with Crippen LogP contribution < -0.4 is 10.2 Å². The summed E-state index contributed by atoms with van der Waals surface area (Å²) < 4.78 is 0. The second-order valence-electron chi connectivity index (χ2n) is 6.56. The van der Waals surface area contributed by atoms with Crippen LogP contribution in [0.1, 0.15) is 39.7 Å². The Morgan fingerprint density at radius 1 is 1.36 bits per heavy atom. The van der Waals surface area contributed by atoms with Crippen molar-refractivity contribution in [1.82, 2.24) is 5.32 Å². The molecule has 0 spiro atoms. The van der Waals surface area contributed by atoms with Crippen LogP contribution in [0.4, 0.5) is 5.69 Å². The SMILES string of the molecule is CC(C(=O)NC(C)(C#N)C(C)C)N1CCCc2ccccc21. The average Bonchev–Trinajstić information content (AvgIpc) is 2.53. The van der Waals surface area contributed by atoms with Gasteiger partial charge in [-0.15, -0.1) is 0 Å². The zero-order valence-electron chi connectivity index (χ0n) is 13.9. The Balaban J connectivity index is 2.17. The predicted molar refractivity (Wildman–Crippen MR) is 88.6 cm³/mol. The van der Waals surface area contributed by atoms with Gasteiger partial charge in [-0.3, -0.25) is 4.79 Å². The summed E-state index contributed by atoms with van der Waals surface area (Å²) in [5.41, 5.74) is 1.60. The van der Waals surface area contributed by atoms with Crippen molar-refractivity contribution in [2.24, 2.45) is 5.92 Å². The fourth-order valence-corrected chi connectivity index (χ4v) is 2.77. The molecule has 4 heteroatoms.